The molecule has 0 bridgehead atoms. The number of sulfonamides is 1. The highest BCUT2D eigenvalue weighted by Gasteiger charge is 2.17. The van der Waals surface area contributed by atoms with Gasteiger partial charge in [0.05, 0.1) is 9.92 Å². The van der Waals surface area contributed by atoms with Crippen LogP contribution in [0.2, 0.25) is 5.02 Å². The molecule has 4 N–H and O–H groups in total. The molecule has 2 aromatic carbocycles. The summed E-state index contributed by atoms with van der Waals surface area (Å²) in [6.07, 6.45) is 0. The molecule has 2 aromatic rings. The fourth-order valence-corrected chi connectivity index (χ4v) is 3.08. The van der Waals surface area contributed by atoms with Gasteiger partial charge in [-0.25, -0.2) is 13.6 Å². The summed E-state index contributed by atoms with van der Waals surface area (Å²) in [6.45, 7) is 1.58. The first-order valence-corrected chi connectivity index (χ1v) is 8.46. The molecule has 0 atom stereocenters. The molecule has 0 heterocycles. The molecule has 8 heteroatoms. The Balaban J connectivity index is 2.55. The third kappa shape index (κ3) is 3.68. The average Bonchev–Trinajstić information content (AvgIpc) is 2.36. The third-order valence-electron chi connectivity index (χ3n) is 2.75. The van der Waals surface area contributed by atoms with Crippen molar-refractivity contribution in [3.05, 3.63) is 45.4 Å². The highest BCUT2D eigenvalue weighted by molar-refractivity contribution is 9.10. The van der Waals surface area contributed by atoms with Gasteiger partial charge in [0.15, 0.2) is 0 Å². The summed E-state index contributed by atoms with van der Waals surface area (Å²) in [7, 11) is -3.89. The normalized spacial score (nSPS) is 11.4. The van der Waals surface area contributed by atoms with Crippen LogP contribution in [0.1, 0.15) is 5.56 Å². The molecule has 0 radical (unpaired) electrons. The Hall–Kier alpha value is -1.28. The number of hydrogen-bond acceptors (Lipinski definition) is 4. The molecule has 0 aliphatic heterocycles. The van der Waals surface area contributed by atoms with Crippen LogP contribution in [0.15, 0.2) is 39.7 Å². The Bertz CT molecular complexity index is 809. The van der Waals surface area contributed by atoms with Gasteiger partial charge in [0, 0.05) is 21.8 Å². The summed E-state index contributed by atoms with van der Waals surface area (Å²) in [5.41, 5.74) is 6.30. The zero-order valence-electron chi connectivity index (χ0n) is 10.9. The molecule has 5 nitrogen and oxygen atoms in total. The molecule has 0 aromatic heterocycles. The van der Waals surface area contributed by atoms with E-state index in [1.807, 2.05) is 0 Å². The van der Waals surface area contributed by atoms with Gasteiger partial charge in [0.2, 0.25) is 10.0 Å². The summed E-state index contributed by atoms with van der Waals surface area (Å²) < 4.78 is 29.6. The number of nitrogen functional groups attached to an aromatic ring is 1. The van der Waals surface area contributed by atoms with Crippen molar-refractivity contribution in [3.8, 4) is 11.5 Å². The standard InChI is InChI=1S/C13H12BrClN2O3S/c1-7-11(5-9(16)6-13(7)21(17,18)19)20-12-4-8(14)2-3-10(12)15/h2-6H,16H2,1H3,(H2,17,18,19). The van der Waals surface area contributed by atoms with Gasteiger partial charge in [0.1, 0.15) is 11.5 Å². The van der Waals surface area contributed by atoms with E-state index >= 15 is 0 Å². The predicted octanol–water partition coefficient (Wildman–Crippen LogP) is 3.43. The number of rotatable bonds is 3. The summed E-state index contributed by atoms with van der Waals surface area (Å²) in [5, 5.41) is 5.56. The van der Waals surface area contributed by atoms with E-state index in [0.29, 0.717) is 16.3 Å². The highest BCUT2D eigenvalue weighted by Crippen LogP contribution is 2.36. The Labute approximate surface area is 136 Å². The van der Waals surface area contributed by atoms with Crippen LogP contribution in [-0.2, 0) is 10.0 Å². The number of ether oxygens (including phenoxy) is 1. The Kier molecular flexibility index (Phi) is 4.48. The van der Waals surface area contributed by atoms with Crippen LogP contribution in [0.3, 0.4) is 0 Å². The first kappa shape index (κ1) is 16.1. The fraction of sp³-hybridized carbons (Fsp3) is 0.0769. The van der Waals surface area contributed by atoms with Gasteiger partial charge in [-0.3, -0.25) is 0 Å². The number of hydrogen-bond donors (Lipinski definition) is 2. The van der Waals surface area contributed by atoms with Gasteiger partial charge >= 0.3 is 0 Å². The molecule has 0 fully saturated rings. The molecule has 0 saturated carbocycles. The van der Waals surface area contributed by atoms with E-state index in [1.54, 1.807) is 25.1 Å². The van der Waals surface area contributed by atoms with Gasteiger partial charge in [0.25, 0.3) is 0 Å². The maximum absolute atomic E-state index is 11.6. The number of benzene rings is 2. The molecule has 0 aliphatic rings. The summed E-state index contributed by atoms with van der Waals surface area (Å²) in [6, 6.07) is 7.89. The van der Waals surface area contributed by atoms with Crippen LogP contribution in [0.4, 0.5) is 5.69 Å². The van der Waals surface area contributed by atoms with E-state index in [9.17, 15) is 8.42 Å². The molecule has 0 saturated heterocycles. The minimum atomic E-state index is -3.89. The van der Waals surface area contributed by atoms with E-state index in [2.05, 4.69) is 15.9 Å². The molecule has 112 valence electrons. The van der Waals surface area contributed by atoms with Crippen LogP contribution < -0.4 is 15.6 Å². The number of anilines is 1. The molecule has 2 rings (SSSR count). The van der Waals surface area contributed by atoms with Gasteiger partial charge < -0.3 is 10.5 Å². The van der Waals surface area contributed by atoms with Gasteiger partial charge in [-0.2, -0.15) is 0 Å². The molecule has 0 aliphatic carbocycles. The number of halogens is 2. The fourth-order valence-electron chi connectivity index (χ4n) is 1.76. The molecular weight excluding hydrogens is 380 g/mol. The second-order valence-corrected chi connectivity index (χ2v) is 7.22. The van der Waals surface area contributed by atoms with E-state index in [4.69, 9.17) is 27.2 Å². The molecule has 0 amide bonds. The average molecular weight is 392 g/mol. The first-order valence-electron chi connectivity index (χ1n) is 5.74. The van der Waals surface area contributed by atoms with Crippen molar-refractivity contribution in [1.82, 2.24) is 0 Å². The maximum Gasteiger partial charge on any atom is 0.238 e. The lowest BCUT2D eigenvalue weighted by Gasteiger charge is -2.14. The quantitative estimate of drug-likeness (QED) is 0.783. The van der Waals surface area contributed by atoms with Gasteiger partial charge in [-0.1, -0.05) is 27.5 Å². The molecular formula is C13H12BrClN2O3S. The number of primary sulfonamides is 1. The maximum atomic E-state index is 11.6. The Morgan fingerprint density at radius 3 is 2.48 bits per heavy atom. The van der Waals surface area contributed by atoms with Crippen molar-refractivity contribution in [2.24, 2.45) is 5.14 Å². The number of nitrogens with two attached hydrogens (primary N) is 2. The van der Waals surface area contributed by atoms with Crippen molar-refractivity contribution >= 4 is 43.2 Å². The zero-order valence-corrected chi connectivity index (χ0v) is 14.1. The lowest BCUT2D eigenvalue weighted by atomic mass is 10.2. The van der Waals surface area contributed by atoms with E-state index in [1.165, 1.54) is 12.1 Å². The smallest absolute Gasteiger partial charge is 0.238 e. The van der Waals surface area contributed by atoms with Gasteiger partial charge in [-0.05, 0) is 31.2 Å². The Morgan fingerprint density at radius 2 is 1.86 bits per heavy atom. The van der Waals surface area contributed by atoms with Gasteiger partial charge in [-0.15, -0.1) is 0 Å². The van der Waals surface area contributed by atoms with Crippen molar-refractivity contribution < 1.29 is 13.2 Å². The minimum absolute atomic E-state index is 0.0800. The van der Waals surface area contributed by atoms with Crippen molar-refractivity contribution in [2.45, 2.75) is 11.8 Å². The van der Waals surface area contributed by atoms with Crippen LogP contribution in [0, 0.1) is 6.92 Å². The second-order valence-electron chi connectivity index (χ2n) is 4.36. The van der Waals surface area contributed by atoms with E-state index in [0.717, 1.165) is 4.47 Å². The van der Waals surface area contributed by atoms with Crippen molar-refractivity contribution in [1.29, 1.82) is 0 Å². The van der Waals surface area contributed by atoms with Crippen LogP contribution >= 0.6 is 27.5 Å². The van der Waals surface area contributed by atoms with E-state index < -0.39 is 10.0 Å². The van der Waals surface area contributed by atoms with E-state index in [-0.39, 0.29) is 16.3 Å². The summed E-state index contributed by atoms with van der Waals surface area (Å²) in [5.74, 6) is 0.652. The highest BCUT2D eigenvalue weighted by atomic mass is 79.9. The predicted molar refractivity (Wildman–Crippen MR) is 86.2 cm³/mol. The van der Waals surface area contributed by atoms with Crippen LogP contribution in [0.25, 0.3) is 0 Å². The van der Waals surface area contributed by atoms with Crippen LogP contribution in [0.5, 0.6) is 11.5 Å². The SMILES string of the molecule is Cc1c(Oc2cc(Br)ccc2Cl)cc(N)cc1S(N)(=O)=O. The Morgan fingerprint density at radius 1 is 1.19 bits per heavy atom. The largest absolute Gasteiger partial charge is 0.455 e. The molecule has 0 spiro atoms. The molecule has 0 unspecified atom stereocenters. The summed E-state index contributed by atoms with van der Waals surface area (Å²) in [4.78, 5) is -0.0800. The summed E-state index contributed by atoms with van der Waals surface area (Å²) >= 11 is 9.36. The van der Waals surface area contributed by atoms with Crippen LogP contribution in [-0.4, -0.2) is 8.42 Å². The topological polar surface area (TPSA) is 95.4 Å². The van der Waals surface area contributed by atoms with Crippen molar-refractivity contribution in [3.63, 3.8) is 0 Å². The lowest BCUT2D eigenvalue weighted by molar-refractivity contribution is 0.476. The second kappa shape index (κ2) is 5.84. The minimum Gasteiger partial charge on any atom is -0.455 e. The third-order valence-corrected chi connectivity index (χ3v) is 4.60. The first-order chi connectivity index (χ1) is 9.68. The van der Waals surface area contributed by atoms with Crippen molar-refractivity contribution in [2.75, 3.05) is 5.73 Å². The molecule has 21 heavy (non-hydrogen) atoms. The zero-order chi connectivity index (χ0) is 15.8. The monoisotopic (exact) mass is 390 g/mol. The lowest BCUT2D eigenvalue weighted by Crippen LogP contribution is -2.14.